The predicted octanol–water partition coefficient (Wildman–Crippen LogP) is 3.48. The largest absolute Gasteiger partial charge is 0.329 e. The molecule has 4 rings (SSSR count). The van der Waals surface area contributed by atoms with Gasteiger partial charge in [-0.05, 0) is 48.7 Å². The van der Waals surface area contributed by atoms with E-state index < -0.39 is 0 Å². The van der Waals surface area contributed by atoms with Crippen molar-refractivity contribution in [3.05, 3.63) is 64.7 Å². The van der Waals surface area contributed by atoms with Gasteiger partial charge in [-0.25, -0.2) is 0 Å². The van der Waals surface area contributed by atoms with Crippen molar-refractivity contribution >= 4 is 29.1 Å². The van der Waals surface area contributed by atoms with Crippen molar-refractivity contribution < 1.29 is 9.59 Å². The summed E-state index contributed by atoms with van der Waals surface area (Å²) in [4.78, 5) is 27.1. The summed E-state index contributed by atoms with van der Waals surface area (Å²) in [7, 11) is 0. The van der Waals surface area contributed by atoms with Crippen LogP contribution in [0.4, 0.5) is 5.69 Å². The van der Waals surface area contributed by atoms with Crippen LogP contribution in [0.3, 0.4) is 0 Å². The second-order valence-electron chi connectivity index (χ2n) is 7.12. The molecule has 1 aliphatic heterocycles. The van der Waals surface area contributed by atoms with Crippen molar-refractivity contribution in [2.24, 2.45) is 5.92 Å². The number of carbonyl (C=O) groups is 2. The van der Waals surface area contributed by atoms with Crippen LogP contribution in [0.2, 0.25) is 5.02 Å². The number of halogens is 1. The molecule has 2 aromatic rings. The molecule has 2 N–H and O–H groups in total. The minimum Gasteiger partial charge on any atom is -0.329 e. The smallest absolute Gasteiger partial charge is 0.254 e. The average Bonchev–Trinajstić information content (AvgIpc) is 3.53. The van der Waals surface area contributed by atoms with E-state index >= 15 is 0 Å². The van der Waals surface area contributed by atoms with E-state index in [1.165, 1.54) is 0 Å². The third-order valence-corrected chi connectivity index (χ3v) is 5.30. The van der Waals surface area contributed by atoms with Crippen molar-refractivity contribution in [2.45, 2.75) is 18.9 Å². The van der Waals surface area contributed by atoms with Crippen molar-refractivity contribution in [1.82, 2.24) is 10.2 Å². The molecule has 0 bridgehead atoms. The summed E-state index contributed by atoms with van der Waals surface area (Å²) in [6.45, 7) is 2.06. The zero-order valence-corrected chi connectivity index (χ0v) is 15.7. The summed E-state index contributed by atoms with van der Waals surface area (Å²) >= 11 is 6.14. The van der Waals surface area contributed by atoms with Crippen molar-refractivity contribution in [1.29, 1.82) is 0 Å². The Kier molecular flexibility index (Phi) is 5.14. The summed E-state index contributed by atoms with van der Waals surface area (Å²) in [5, 5.41) is 6.93. The Morgan fingerprint density at radius 2 is 1.93 bits per heavy atom. The number of piperazine rings is 1. The van der Waals surface area contributed by atoms with E-state index in [9.17, 15) is 9.59 Å². The summed E-state index contributed by atoms with van der Waals surface area (Å²) in [5.74, 6) is 0.132. The highest BCUT2D eigenvalue weighted by atomic mass is 35.5. The molecule has 27 heavy (non-hydrogen) atoms. The third-order valence-electron chi connectivity index (χ3n) is 5.06. The molecule has 0 radical (unpaired) electrons. The highest BCUT2D eigenvalue weighted by Crippen LogP contribution is 2.31. The van der Waals surface area contributed by atoms with Crippen LogP contribution in [0.1, 0.15) is 34.8 Å². The fourth-order valence-corrected chi connectivity index (χ4v) is 3.64. The maximum absolute atomic E-state index is 13.2. The summed E-state index contributed by atoms with van der Waals surface area (Å²) in [6, 6.07) is 14.8. The van der Waals surface area contributed by atoms with Gasteiger partial charge in [0.2, 0.25) is 5.91 Å². The first kappa shape index (κ1) is 18.0. The van der Waals surface area contributed by atoms with E-state index in [0.717, 1.165) is 24.9 Å². The van der Waals surface area contributed by atoms with Crippen LogP contribution in [0, 0.1) is 5.92 Å². The number of carbonyl (C=O) groups excluding carboxylic acids is 2. The highest BCUT2D eigenvalue weighted by Gasteiger charge is 2.31. The number of benzene rings is 2. The van der Waals surface area contributed by atoms with Crippen LogP contribution in [0.25, 0.3) is 0 Å². The Bertz CT molecular complexity index is 866. The van der Waals surface area contributed by atoms with Gasteiger partial charge in [-0.2, -0.15) is 0 Å². The molecule has 1 saturated heterocycles. The summed E-state index contributed by atoms with van der Waals surface area (Å²) in [6.07, 6.45) is 1.90. The Morgan fingerprint density at radius 1 is 1.11 bits per heavy atom. The SMILES string of the molecule is O=C(Nc1cccc(C(=O)N2CCNCC2c2cccc(Cl)c2)c1)C1CC1. The van der Waals surface area contributed by atoms with E-state index in [0.29, 0.717) is 29.4 Å². The molecule has 1 aliphatic carbocycles. The predicted molar refractivity (Wildman–Crippen MR) is 106 cm³/mol. The quantitative estimate of drug-likeness (QED) is 0.849. The summed E-state index contributed by atoms with van der Waals surface area (Å²) < 4.78 is 0. The second kappa shape index (κ2) is 7.71. The maximum atomic E-state index is 13.2. The molecule has 1 heterocycles. The number of rotatable bonds is 4. The Hall–Kier alpha value is -2.37. The molecule has 1 saturated carbocycles. The molecule has 0 spiro atoms. The average molecular weight is 384 g/mol. The first-order chi connectivity index (χ1) is 13.1. The van der Waals surface area contributed by atoms with Crippen molar-refractivity contribution in [3.63, 3.8) is 0 Å². The van der Waals surface area contributed by atoms with Crippen LogP contribution < -0.4 is 10.6 Å². The van der Waals surface area contributed by atoms with Crippen LogP contribution in [0.5, 0.6) is 0 Å². The normalized spacial score (nSPS) is 19.6. The molecule has 2 aromatic carbocycles. The number of hydrogen-bond acceptors (Lipinski definition) is 3. The fourth-order valence-electron chi connectivity index (χ4n) is 3.44. The molecule has 2 fully saturated rings. The first-order valence-corrected chi connectivity index (χ1v) is 9.68. The molecule has 2 amide bonds. The van der Waals surface area contributed by atoms with Crippen LogP contribution >= 0.6 is 11.6 Å². The number of anilines is 1. The van der Waals surface area contributed by atoms with Gasteiger partial charge in [0.15, 0.2) is 0 Å². The van der Waals surface area contributed by atoms with E-state index in [2.05, 4.69) is 10.6 Å². The lowest BCUT2D eigenvalue weighted by Gasteiger charge is -2.36. The number of nitrogens with zero attached hydrogens (tertiary/aromatic N) is 1. The number of amides is 2. The van der Waals surface area contributed by atoms with Crippen LogP contribution in [0.15, 0.2) is 48.5 Å². The lowest BCUT2D eigenvalue weighted by molar-refractivity contribution is -0.117. The Balaban J connectivity index is 1.55. The van der Waals surface area contributed by atoms with Gasteiger partial charge in [-0.15, -0.1) is 0 Å². The molecule has 0 aromatic heterocycles. The number of hydrogen-bond donors (Lipinski definition) is 2. The van der Waals surface area contributed by atoms with Gasteiger partial charge in [0.25, 0.3) is 5.91 Å². The molecule has 5 nitrogen and oxygen atoms in total. The fraction of sp³-hybridized carbons (Fsp3) is 0.333. The lowest BCUT2D eigenvalue weighted by Crippen LogP contribution is -2.48. The van der Waals surface area contributed by atoms with E-state index in [1.807, 2.05) is 41.3 Å². The standard InChI is InChI=1S/C21H22ClN3O2/c22-17-5-1-3-15(11-17)19-13-23-9-10-25(19)21(27)16-4-2-6-18(12-16)24-20(26)14-7-8-14/h1-6,11-12,14,19,23H,7-10,13H2,(H,24,26). The zero-order valence-electron chi connectivity index (χ0n) is 15.0. The molecular formula is C21H22ClN3O2. The van der Waals surface area contributed by atoms with Gasteiger partial charge in [0.05, 0.1) is 6.04 Å². The Labute approximate surface area is 163 Å². The molecule has 2 aliphatic rings. The maximum Gasteiger partial charge on any atom is 0.254 e. The lowest BCUT2D eigenvalue weighted by atomic mass is 10.0. The minimum atomic E-state index is -0.0744. The van der Waals surface area contributed by atoms with Crippen LogP contribution in [-0.2, 0) is 4.79 Å². The second-order valence-corrected chi connectivity index (χ2v) is 7.55. The van der Waals surface area contributed by atoms with Crippen molar-refractivity contribution in [2.75, 3.05) is 25.0 Å². The monoisotopic (exact) mass is 383 g/mol. The van der Waals surface area contributed by atoms with Gasteiger partial charge in [-0.1, -0.05) is 29.8 Å². The van der Waals surface area contributed by atoms with Crippen LogP contribution in [-0.4, -0.2) is 36.3 Å². The molecule has 140 valence electrons. The summed E-state index contributed by atoms with van der Waals surface area (Å²) in [5.41, 5.74) is 2.27. The van der Waals surface area contributed by atoms with Gasteiger partial charge in [0.1, 0.15) is 0 Å². The van der Waals surface area contributed by atoms with Gasteiger partial charge < -0.3 is 15.5 Å². The van der Waals surface area contributed by atoms with Gasteiger partial charge in [-0.3, -0.25) is 9.59 Å². The molecule has 6 heteroatoms. The number of nitrogens with one attached hydrogen (secondary N) is 2. The molecule has 1 unspecified atom stereocenters. The topological polar surface area (TPSA) is 61.4 Å². The first-order valence-electron chi connectivity index (χ1n) is 9.30. The highest BCUT2D eigenvalue weighted by molar-refractivity contribution is 6.30. The van der Waals surface area contributed by atoms with E-state index in [4.69, 9.17) is 11.6 Å². The molecular weight excluding hydrogens is 362 g/mol. The van der Waals surface area contributed by atoms with E-state index in [-0.39, 0.29) is 23.8 Å². The third kappa shape index (κ3) is 4.15. The van der Waals surface area contributed by atoms with E-state index in [1.54, 1.807) is 12.1 Å². The minimum absolute atomic E-state index is 0.0380. The van der Waals surface area contributed by atoms with Crippen molar-refractivity contribution in [3.8, 4) is 0 Å². The molecule has 1 atom stereocenters. The zero-order chi connectivity index (χ0) is 18.8. The Morgan fingerprint density at radius 3 is 2.70 bits per heavy atom. The van der Waals surface area contributed by atoms with Gasteiger partial charge >= 0.3 is 0 Å². The van der Waals surface area contributed by atoms with Gasteiger partial charge in [0, 0.05) is 41.8 Å².